The molecule has 4 aliphatic heterocycles. The molecule has 12 atom stereocenters. The molecule has 4 aliphatic rings. The highest BCUT2D eigenvalue weighted by molar-refractivity contribution is 5.91. The maximum absolute atomic E-state index is 13.8. The Balaban J connectivity index is 1.68. The van der Waals surface area contributed by atoms with Crippen molar-refractivity contribution in [1.29, 1.82) is 0 Å². The SMILES string of the molecule is CCC1OC(=O)C[C@@H](O)[C@H](C)C(O[C@@H]2O[C@H](C)[C@@H](O)[C@H](N(C)C)[C@H]2O)[C@@H](CCN2CCCCC2)C[C@@H](C)C(=O)/C=C/C(C)=C\[C@@H]1CN1CCCCC1. The van der Waals surface area contributed by atoms with Crippen LogP contribution in [0.3, 0.4) is 0 Å². The molecular weight excluding hydrogens is 662 g/mol. The van der Waals surface area contributed by atoms with Crippen molar-refractivity contribution in [3.05, 3.63) is 23.8 Å². The van der Waals surface area contributed by atoms with Crippen molar-refractivity contribution >= 4 is 11.8 Å². The van der Waals surface area contributed by atoms with Crippen molar-refractivity contribution in [2.24, 2.45) is 23.7 Å². The number of piperidine rings is 2. The van der Waals surface area contributed by atoms with Crippen molar-refractivity contribution in [2.75, 3.05) is 53.4 Å². The fourth-order valence-corrected chi connectivity index (χ4v) is 8.83. The van der Waals surface area contributed by atoms with Crippen LogP contribution in [-0.2, 0) is 23.8 Å². The standard InChI is InChI=1S/C41H71N3O8/c1-8-35-32(26-44-20-13-10-14-21-44)23-27(2)15-16-33(45)28(3)24-31(17-22-43-18-11-9-12-19-43)40(29(4)34(46)25-36(47)51-35)52-41-39(49)37(42(6)7)38(48)30(5)50-41/h15-16,23,28-32,34-35,37-41,46,48-49H,8-14,17-22,24-26H2,1-7H3/b16-15+,27-23-/t28-,29+,30-,31+,32-,34-,35?,37+,38-,39-,40?,41+/m1/s1. The van der Waals surface area contributed by atoms with E-state index >= 15 is 0 Å². The molecule has 11 heteroatoms. The number of cyclic esters (lactones) is 1. The average molecular weight is 734 g/mol. The third-order valence-electron chi connectivity index (χ3n) is 12.1. The third-order valence-corrected chi connectivity index (χ3v) is 12.1. The van der Waals surface area contributed by atoms with Gasteiger partial charge in [0, 0.05) is 24.3 Å². The first kappa shape index (κ1) is 43.0. The lowest BCUT2D eigenvalue weighted by Gasteiger charge is -2.47. The van der Waals surface area contributed by atoms with Gasteiger partial charge in [0.05, 0.1) is 36.9 Å². The molecule has 52 heavy (non-hydrogen) atoms. The maximum Gasteiger partial charge on any atom is 0.308 e. The van der Waals surface area contributed by atoms with Crippen LogP contribution in [0.1, 0.15) is 98.8 Å². The van der Waals surface area contributed by atoms with Crippen molar-refractivity contribution in [3.63, 3.8) is 0 Å². The van der Waals surface area contributed by atoms with Gasteiger partial charge in [0.15, 0.2) is 12.1 Å². The molecule has 0 radical (unpaired) electrons. The van der Waals surface area contributed by atoms with Crippen LogP contribution in [0.4, 0.5) is 0 Å². The highest BCUT2D eigenvalue weighted by Gasteiger charge is 2.47. The first-order valence-electron chi connectivity index (χ1n) is 20.3. The topological polar surface area (TPSA) is 132 Å². The Kier molecular flexibility index (Phi) is 17.2. The van der Waals surface area contributed by atoms with E-state index in [4.69, 9.17) is 14.2 Å². The van der Waals surface area contributed by atoms with Crippen LogP contribution in [0.2, 0.25) is 0 Å². The molecule has 2 unspecified atom stereocenters. The number of allylic oxidation sites excluding steroid dienone is 3. The molecule has 3 saturated heterocycles. The quantitative estimate of drug-likeness (QED) is 0.295. The Morgan fingerprint density at radius 1 is 0.904 bits per heavy atom. The number of hydrogen-bond acceptors (Lipinski definition) is 11. The minimum Gasteiger partial charge on any atom is -0.462 e. The molecule has 4 heterocycles. The highest BCUT2D eigenvalue weighted by Crippen LogP contribution is 2.35. The predicted molar refractivity (Wildman–Crippen MR) is 203 cm³/mol. The second kappa shape index (κ2) is 20.8. The number of carbonyl (C=O) groups excluding carboxylic acids is 2. The van der Waals surface area contributed by atoms with Gasteiger partial charge in [-0.1, -0.05) is 51.3 Å². The van der Waals surface area contributed by atoms with Crippen LogP contribution in [-0.4, -0.2) is 144 Å². The zero-order chi connectivity index (χ0) is 37.9. The molecule has 4 rings (SSSR count). The Labute approximate surface area is 313 Å². The van der Waals surface area contributed by atoms with Crippen LogP contribution < -0.4 is 0 Å². The van der Waals surface area contributed by atoms with E-state index in [0.717, 1.165) is 70.5 Å². The number of likely N-dealkylation sites (N-methyl/N-ethyl adjacent to an activating group) is 1. The van der Waals surface area contributed by atoms with Crippen LogP contribution in [0.5, 0.6) is 0 Å². The number of hydrogen-bond donors (Lipinski definition) is 3. The molecule has 298 valence electrons. The van der Waals surface area contributed by atoms with Gasteiger partial charge in [0.25, 0.3) is 0 Å². The van der Waals surface area contributed by atoms with Crippen LogP contribution in [0.25, 0.3) is 0 Å². The number of ether oxygens (including phenoxy) is 3. The van der Waals surface area contributed by atoms with E-state index in [0.29, 0.717) is 19.3 Å². The van der Waals surface area contributed by atoms with Crippen LogP contribution >= 0.6 is 0 Å². The smallest absolute Gasteiger partial charge is 0.308 e. The van der Waals surface area contributed by atoms with Crippen molar-refractivity contribution in [1.82, 2.24) is 14.7 Å². The van der Waals surface area contributed by atoms with Gasteiger partial charge in [-0.3, -0.25) is 9.59 Å². The summed E-state index contributed by atoms with van der Waals surface area (Å²) in [5, 5.41) is 34.2. The number of aliphatic hydroxyl groups excluding tert-OH is 3. The van der Waals surface area contributed by atoms with E-state index in [-0.39, 0.29) is 36.1 Å². The second-order valence-corrected chi connectivity index (χ2v) is 16.6. The summed E-state index contributed by atoms with van der Waals surface area (Å²) in [6.07, 6.45) is 8.49. The summed E-state index contributed by atoms with van der Waals surface area (Å²) < 4.78 is 19.1. The van der Waals surface area contributed by atoms with E-state index in [1.807, 2.05) is 33.8 Å². The first-order valence-corrected chi connectivity index (χ1v) is 20.3. The third kappa shape index (κ3) is 12.2. The molecule has 0 amide bonds. The average Bonchev–Trinajstić information content (AvgIpc) is 3.12. The van der Waals surface area contributed by atoms with Gasteiger partial charge in [0.1, 0.15) is 12.2 Å². The Morgan fingerprint density at radius 3 is 2.15 bits per heavy atom. The summed E-state index contributed by atoms with van der Waals surface area (Å²) in [5.74, 6) is -1.58. The van der Waals surface area contributed by atoms with Gasteiger partial charge in [-0.05, 0) is 118 Å². The minimum atomic E-state index is -1.17. The van der Waals surface area contributed by atoms with Crippen LogP contribution in [0, 0.1) is 23.7 Å². The molecule has 3 N–H and O–H groups in total. The van der Waals surface area contributed by atoms with Gasteiger partial charge in [0.2, 0.25) is 0 Å². The number of aliphatic hydroxyl groups is 3. The Morgan fingerprint density at radius 2 is 1.54 bits per heavy atom. The molecule has 0 bridgehead atoms. The van der Waals surface area contributed by atoms with Crippen molar-refractivity contribution < 1.29 is 39.1 Å². The van der Waals surface area contributed by atoms with E-state index in [9.17, 15) is 24.9 Å². The lowest BCUT2D eigenvalue weighted by atomic mass is 9.79. The molecular formula is C41H71N3O8. The first-order chi connectivity index (χ1) is 24.8. The summed E-state index contributed by atoms with van der Waals surface area (Å²) in [6, 6.07) is -0.632. The number of esters is 1. The number of nitrogens with zero attached hydrogens (tertiary/aromatic N) is 3. The zero-order valence-electron chi connectivity index (χ0n) is 33.2. The van der Waals surface area contributed by atoms with E-state index in [1.165, 1.54) is 12.8 Å². The summed E-state index contributed by atoms with van der Waals surface area (Å²) >= 11 is 0. The fraction of sp³-hybridized carbons (Fsp3) is 0.854. The lowest BCUT2D eigenvalue weighted by molar-refractivity contribution is -0.304. The maximum atomic E-state index is 13.8. The van der Waals surface area contributed by atoms with Gasteiger partial charge >= 0.3 is 5.97 Å². The molecule has 0 aromatic heterocycles. The molecule has 11 nitrogen and oxygen atoms in total. The van der Waals surface area contributed by atoms with Gasteiger partial charge in [-0.15, -0.1) is 0 Å². The summed E-state index contributed by atoms with van der Waals surface area (Å²) in [6.45, 7) is 15.3. The highest BCUT2D eigenvalue weighted by atomic mass is 16.7. The summed E-state index contributed by atoms with van der Waals surface area (Å²) in [4.78, 5) is 34.1. The number of rotatable bonds is 9. The second-order valence-electron chi connectivity index (χ2n) is 16.6. The van der Waals surface area contributed by atoms with Gasteiger partial charge < -0.3 is 44.2 Å². The van der Waals surface area contributed by atoms with E-state index < -0.39 is 54.7 Å². The molecule has 0 aliphatic carbocycles. The fourth-order valence-electron chi connectivity index (χ4n) is 8.83. The normalized spacial score (nSPS) is 40.2. The summed E-state index contributed by atoms with van der Waals surface area (Å²) in [5.41, 5.74) is 0.954. The number of likely N-dealkylation sites (tertiary alicyclic amines) is 2. The molecule has 0 aromatic carbocycles. The van der Waals surface area contributed by atoms with Crippen molar-refractivity contribution in [2.45, 2.75) is 148 Å². The molecule has 0 spiro atoms. The number of carbonyl (C=O) groups is 2. The van der Waals surface area contributed by atoms with Crippen LogP contribution in [0.15, 0.2) is 23.8 Å². The molecule has 0 saturated carbocycles. The van der Waals surface area contributed by atoms with Gasteiger partial charge in [-0.25, -0.2) is 0 Å². The van der Waals surface area contributed by atoms with E-state index in [1.54, 1.807) is 32.0 Å². The number of ketones is 1. The largest absolute Gasteiger partial charge is 0.462 e. The molecule has 0 aromatic rings. The molecule has 3 fully saturated rings. The zero-order valence-corrected chi connectivity index (χ0v) is 33.2. The predicted octanol–water partition coefficient (Wildman–Crippen LogP) is 4.18. The Hall–Kier alpha value is -1.70. The lowest BCUT2D eigenvalue weighted by Crippen LogP contribution is -2.63. The Bertz CT molecular complexity index is 1170. The monoisotopic (exact) mass is 734 g/mol. The minimum absolute atomic E-state index is 0.0270. The van der Waals surface area contributed by atoms with Gasteiger partial charge in [-0.2, -0.15) is 0 Å². The van der Waals surface area contributed by atoms with Crippen molar-refractivity contribution in [3.8, 4) is 0 Å². The summed E-state index contributed by atoms with van der Waals surface area (Å²) in [7, 11) is 3.60. The van der Waals surface area contributed by atoms with E-state index in [2.05, 4.69) is 15.9 Å².